The zero-order valence-electron chi connectivity index (χ0n) is 19.0. The molecule has 1 aliphatic rings. The lowest BCUT2D eigenvalue weighted by atomic mass is 10.1. The summed E-state index contributed by atoms with van der Waals surface area (Å²) in [6.45, 7) is 5.19. The molecule has 3 aromatic carbocycles. The highest BCUT2D eigenvalue weighted by Gasteiger charge is 2.19. The Hall–Kier alpha value is -3.02. The molecular weight excluding hydrogens is 434 g/mol. The first-order valence-electron chi connectivity index (χ1n) is 11.3. The van der Waals surface area contributed by atoms with Gasteiger partial charge in [0.25, 0.3) is 5.91 Å². The molecule has 33 heavy (non-hydrogen) atoms. The fourth-order valence-electron chi connectivity index (χ4n) is 4.25. The van der Waals surface area contributed by atoms with Gasteiger partial charge in [-0.25, -0.2) is 0 Å². The third-order valence-electron chi connectivity index (χ3n) is 6.03. The highest BCUT2D eigenvalue weighted by atomic mass is 35.5. The van der Waals surface area contributed by atoms with Crippen LogP contribution in [0.25, 0.3) is 0 Å². The molecule has 0 bridgehead atoms. The van der Waals surface area contributed by atoms with Crippen LogP contribution in [0.3, 0.4) is 0 Å². The Labute approximate surface area is 200 Å². The third-order valence-corrected chi connectivity index (χ3v) is 6.35. The van der Waals surface area contributed by atoms with Gasteiger partial charge in [-0.3, -0.25) is 9.69 Å². The van der Waals surface area contributed by atoms with E-state index in [1.54, 1.807) is 7.11 Å². The van der Waals surface area contributed by atoms with E-state index in [2.05, 4.69) is 27.2 Å². The van der Waals surface area contributed by atoms with Gasteiger partial charge in [0, 0.05) is 44.8 Å². The smallest absolute Gasteiger partial charge is 0.251 e. The van der Waals surface area contributed by atoms with Gasteiger partial charge in [0.2, 0.25) is 0 Å². The van der Waals surface area contributed by atoms with Crippen LogP contribution in [0.15, 0.2) is 72.8 Å². The van der Waals surface area contributed by atoms with Crippen molar-refractivity contribution in [2.75, 3.05) is 44.7 Å². The van der Waals surface area contributed by atoms with Crippen LogP contribution in [0.1, 0.15) is 21.5 Å². The molecule has 0 aliphatic carbocycles. The minimum absolute atomic E-state index is 0.0460. The van der Waals surface area contributed by atoms with E-state index in [-0.39, 0.29) is 5.91 Å². The Balaban J connectivity index is 1.28. The Morgan fingerprint density at radius 2 is 1.73 bits per heavy atom. The summed E-state index contributed by atoms with van der Waals surface area (Å²) in [6.07, 6.45) is 0.727. The standard InChI is InChI=1S/C27H30ClN3O2/c1-33-26-12-5-2-8-22(26)13-14-29-27(32)23-9-6-7-21(19-23)20-30-15-17-31(18-16-30)25-11-4-3-10-24(25)28/h2-12,19H,13-18,20H2,1H3,(H,29,32). The second-order valence-electron chi connectivity index (χ2n) is 8.23. The number of carbonyl (C=O) groups is 1. The maximum Gasteiger partial charge on any atom is 0.251 e. The van der Waals surface area contributed by atoms with E-state index in [4.69, 9.17) is 16.3 Å². The van der Waals surface area contributed by atoms with Gasteiger partial charge in [-0.15, -0.1) is 0 Å². The van der Waals surface area contributed by atoms with E-state index in [0.717, 1.165) is 66.7 Å². The average molecular weight is 464 g/mol. The maximum atomic E-state index is 12.7. The fraction of sp³-hybridized carbons (Fsp3) is 0.296. The molecule has 3 aromatic rings. The number of para-hydroxylation sites is 2. The number of piperazine rings is 1. The lowest BCUT2D eigenvalue weighted by Crippen LogP contribution is -2.46. The van der Waals surface area contributed by atoms with Crippen LogP contribution in [0, 0.1) is 0 Å². The maximum absolute atomic E-state index is 12.7. The van der Waals surface area contributed by atoms with Crippen LogP contribution in [-0.2, 0) is 13.0 Å². The number of hydrogen-bond acceptors (Lipinski definition) is 4. The Morgan fingerprint density at radius 1 is 0.970 bits per heavy atom. The SMILES string of the molecule is COc1ccccc1CCNC(=O)c1cccc(CN2CCN(c3ccccc3Cl)CC2)c1. The van der Waals surface area contributed by atoms with Crippen molar-refractivity contribution in [2.24, 2.45) is 0 Å². The number of nitrogens with zero attached hydrogens (tertiary/aromatic N) is 2. The number of benzene rings is 3. The average Bonchev–Trinajstić information content (AvgIpc) is 2.85. The van der Waals surface area contributed by atoms with Gasteiger partial charge in [-0.05, 0) is 47.9 Å². The topological polar surface area (TPSA) is 44.8 Å². The van der Waals surface area contributed by atoms with Crippen LogP contribution < -0.4 is 15.0 Å². The first kappa shape index (κ1) is 23.1. The number of anilines is 1. The van der Waals surface area contributed by atoms with Gasteiger partial charge in [0.15, 0.2) is 0 Å². The molecular formula is C27H30ClN3O2. The van der Waals surface area contributed by atoms with E-state index in [1.807, 2.05) is 60.7 Å². The zero-order chi connectivity index (χ0) is 23.0. The molecule has 0 aromatic heterocycles. The first-order chi connectivity index (χ1) is 16.1. The normalized spacial score (nSPS) is 14.2. The summed E-state index contributed by atoms with van der Waals surface area (Å²) in [6, 6.07) is 23.8. The van der Waals surface area contributed by atoms with Gasteiger partial charge in [-0.2, -0.15) is 0 Å². The molecule has 1 N–H and O–H groups in total. The molecule has 1 fully saturated rings. The van der Waals surface area contributed by atoms with Gasteiger partial charge < -0.3 is 15.0 Å². The van der Waals surface area contributed by atoms with Gasteiger partial charge in [0.1, 0.15) is 5.75 Å². The molecule has 0 radical (unpaired) electrons. The third kappa shape index (κ3) is 6.06. The minimum Gasteiger partial charge on any atom is -0.496 e. The van der Waals surface area contributed by atoms with Crippen LogP contribution in [0.5, 0.6) is 5.75 Å². The molecule has 4 rings (SSSR count). The van der Waals surface area contributed by atoms with Crippen molar-refractivity contribution in [2.45, 2.75) is 13.0 Å². The van der Waals surface area contributed by atoms with Crippen LogP contribution >= 0.6 is 11.6 Å². The van der Waals surface area contributed by atoms with E-state index >= 15 is 0 Å². The Kier molecular flexibility index (Phi) is 7.87. The van der Waals surface area contributed by atoms with Gasteiger partial charge in [-0.1, -0.05) is 54.1 Å². The molecule has 1 amide bonds. The van der Waals surface area contributed by atoms with Crippen molar-refractivity contribution in [3.05, 3.63) is 94.5 Å². The Morgan fingerprint density at radius 3 is 2.52 bits per heavy atom. The molecule has 0 saturated carbocycles. The number of rotatable bonds is 8. The summed E-state index contributed by atoms with van der Waals surface area (Å²) < 4.78 is 5.39. The van der Waals surface area contributed by atoms with Crippen LogP contribution in [0.4, 0.5) is 5.69 Å². The summed E-state index contributed by atoms with van der Waals surface area (Å²) in [5.74, 6) is 0.804. The lowest BCUT2D eigenvalue weighted by Gasteiger charge is -2.36. The number of carbonyl (C=O) groups excluding carboxylic acids is 1. The molecule has 172 valence electrons. The number of methoxy groups -OCH3 is 1. The zero-order valence-corrected chi connectivity index (χ0v) is 19.7. The lowest BCUT2D eigenvalue weighted by molar-refractivity contribution is 0.0954. The first-order valence-corrected chi connectivity index (χ1v) is 11.7. The molecule has 1 saturated heterocycles. The summed E-state index contributed by atoms with van der Waals surface area (Å²) in [5.41, 5.74) is 4.04. The molecule has 0 atom stereocenters. The number of halogens is 1. The molecule has 1 aliphatic heterocycles. The molecule has 5 nitrogen and oxygen atoms in total. The highest BCUT2D eigenvalue weighted by Crippen LogP contribution is 2.26. The van der Waals surface area contributed by atoms with Gasteiger partial charge in [0.05, 0.1) is 17.8 Å². The summed E-state index contributed by atoms with van der Waals surface area (Å²) >= 11 is 6.36. The van der Waals surface area contributed by atoms with Crippen LogP contribution in [-0.4, -0.2) is 50.6 Å². The number of amides is 1. The summed E-state index contributed by atoms with van der Waals surface area (Å²) in [7, 11) is 1.67. The van der Waals surface area contributed by atoms with Crippen molar-refractivity contribution in [1.82, 2.24) is 10.2 Å². The second-order valence-corrected chi connectivity index (χ2v) is 8.64. The predicted octanol–water partition coefficient (Wildman–Crippen LogP) is 4.64. The molecule has 1 heterocycles. The number of ether oxygens (including phenoxy) is 1. The summed E-state index contributed by atoms with van der Waals surface area (Å²) in [4.78, 5) is 17.5. The largest absolute Gasteiger partial charge is 0.496 e. The van der Waals surface area contributed by atoms with E-state index < -0.39 is 0 Å². The second kappa shape index (κ2) is 11.2. The van der Waals surface area contributed by atoms with Crippen molar-refractivity contribution < 1.29 is 9.53 Å². The van der Waals surface area contributed by atoms with E-state index in [9.17, 15) is 4.79 Å². The van der Waals surface area contributed by atoms with Crippen molar-refractivity contribution >= 4 is 23.2 Å². The van der Waals surface area contributed by atoms with Crippen molar-refractivity contribution in [3.63, 3.8) is 0 Å². The van der Waals surface area contributed by atoms with E-state index in [1.165, 1.54) is 0 Å². The molecule has 0 spiro atoms. The van der Waals surface area contributed by atoms with Gasteiger partial charge >= 0.3 is 0 Å². The highest BCUT2D eigenvalue weighted by molar-refractivity contribution is 6.33. The summed E-state index contributed by atoms with van der Waals surface area (Å²) in [5, 5.41) is 3.83. The number of hydrogen-bond donors (Lipinski definition) is 1. The van der Waals surface area contributed by atoms with Crippen LogP contribution in [0.2, 0.25) is 5.02 Å². The van der Waals surface area contributed by atoms with Crippen molar-refractivity contribution in [1.29, 1.82) is 0 Å². The predicted molar refractivity (Wildman–Crippen MR) is 134 cm³/mol. The van der Waals surface area contributed by atoms with Crippen molar-refractivity contribution in [3.8, 4) is 5.75 Å². The number of nitrogens with one attached hydrogen (secondary N) is 1. The fourth-order valence-corrected chi connectivity index (χ4v) is 4.50. The van der Waals surface area contributed by atoms with E-state index in [0.29, 0.717) is 12.1 Å². The molecule has 0 unspecified atom stereocenters. The quantitative estimate of drug-likeness (QED) is 0.528. The monoisotopic (exact) mass is 463 g/mol. The Bertz CT molecular complexity index is 1080. The molecule has 6 heteroatoms. The minimum atomic E-state index is -0.0460.